The summed E-state index contributed by atoms with van der Waals surface area (Å²) in [6.45, 7) is 0. The highest BCUT2D eigenvalue weighted by Gasteiger charge is 2.25. The van der Waals surface area contributed by atoms with Crippen LogP contribution in [-0.4, -0.2) is 27.5 Å². The lowest BCUT2D eigenvalue weighted by atomic mass is 10.2. The number of methoxy groups -OCH3 is 1. The first-order chi connectivity index (χ1) is 11.9. The van der Waals surface area contributed by atoms with E-state index in [-0.39, 0.29) is 11.3 Å². The number of hydrogen-bond donors (Lipinski definition) is 1. The molecule has 1 atom stereocenters. The van der Waals surface area contributed by atoms with Crippen LogP contribution in [0.1, 0.15) is 12.0 Å². The molecule has 0 aliphatic heterocycles. The Balaban J connectivity index is 2.16. The summed E-state index contributed by atoms with van der Waals surface area (Å²) in [7, 11) is -2.64. The second-order valence-electron chi connectivity index (χ2n) is 5.02. The van der Waals surface area contributed by atoms with Crippen molar-refractivity contribution in [2.45, 2.75) is 17.4 Å². The van der Waals surface area contributed by atoms with Gasteiger partial charge in [0.2, 0.25) is 10.0 Å². The van der Waals surface area contributed by atoms with Crippen LogP contribution < -0.4 is 4.72 Å². The summed E-state index contributed by atoms with van der Waals surface area (Å²) >= 11 is 2.08. The van der Waals surface area contributed by atoms with Gasteiger partial charge in [0.25, 0.3) is 0 Å². The van der Waals surface area contributed by atoms with Crippen molar-refractivity contribution in [3.63, 3.8) is 0 Å². The number of esters is 1. The van der Waals surface area contributed by atoms with Gasteiger partial charge in [-0.15, -0.1) is 0 Å². The monoisotopic (exact) mass is 469 g/mol. The number of nitrogens with one attached hydrogen (secondary N) is 1. The average Bonchev–Trinajstić information content (AvgIpc) is 2.61. The molecule has 1 unspecified atom stereocenters. The molecule has 0 aromatic heterocycles. The Bertz CT molecular complexity index is 884. The molecule has 0 saturated heterocycles. The topological polar surface area (TPSA) is 72.5 Å². The van der Waals surface area contributed by atoms with Gasteiger partial charge in [0, 0.05) is 15.6 Å². The van der Waals surface area contributed by atoms with E-state index in [0.717, 1.165) is 9.13 Å². The van der Waals surface area contributed by atoms with Crippen LogP contribution in [0.4, 0.5) is 0 Å². The third kappa shape index (κ3) is 5.85. The van der Waals surface area contributed by atoms with Crippen LogP contribution >= 0.6 is 22.6 Å². The lowest BCUT2D eigenvalue weighted by Gasteiger charge is -2.14. The number of carbonyl (C=O) groups excluding carboxylic acids is 1. The highest BCUT2D eigenvalue weighted by Crippen LogP contribution is 2.13. The first-order valence-corrected chi connectivity index (χ1v) is 9.88. The van der Waals surface area contributed by atoms with Gasteiger partial charge >= 0.3 is 5.97 Å². The highest BCUT2D eigenvalue weighted by atomic mass is 127. The molecular weight excluding hydrogens is 453 g/mol. The normalized spacial score (nSPS) is 11.9. The summed E-state index contributed by atoms with van der Waals surface area (Å²) in [6.07, 6.45) is 0.00512. The van der Waals surface area contributed by atoms with E-state index in [1.165, 1.54) is 19.2 Å². The van der Waals surface area contributed by atoms with Gasteiger partial charge in [0.1, 0.15) is 6.04 Å². The summed E-state index contributed by atoms with van der Waals surface area (Å²) in [6, 6.07) is 14.5. The summed E-state index contributed by atoms with van der Waals surface area (Å²) in [4.78, 5) is 12.0. The van der Waals surface area contributed by atoms with Crippen LogP contribution in [0, 0.1) is 15.4 Å². The quantitative estimate of drug-likeness (QED) is 0.415. The van der Waals surface area contributed by atoms with Gasteiger partial charge in [-0.1, -0.05) is 30.0 Å². The van der Waals surface area contributed by atoms with Crippen molar-refractivity contribution in [1.29, 1.82) is 0 Å². The van der Waals surface area contributed by atoms with Gasteiger partial charge < -0.3 is 4.74 Å². The van der Waals surface area contributed by atoms with Crippen molar-refractivity contribution >= 4 is 38.6 Å². The first kappa shape index (κ1) is 19.4. The van der Waals surface area contributed by atoms with E-state index in [1.54, 1.807) is 12.1 Å². The van der Waals surface area contributed by atoms with Gasteiger partial charge in [-0.05, 0) is 59.0 Å². The Morgan fingerprint density at radius 2 is 1.80 bits per heavy atom. The van der Waals surface area contributed by atoms with Gasteiger partial charge in [-0.25, -0.2) is 8.42 Å². The molecule has 1 N–H and O–H groups in total. The molecule has 0 saturated carbocycles. The smallest absolute Gasteiger partial charge is 0.324 e. The van der Waals surface area contributed by atoms with Crippen LogP contribution in [0.5, 0.6) is 0 Å². The summed E-state index contributed by atoms with van der Waals surface area (Å²) in [5, 5.41) is 0. The Morgan fingerprint density at radius 3 is 2.40 bits per heavy atom. The van der Waals surface area contributed by atoms with Crippen LogP contribution in [0.25, 0.3) is 0 Å². The summed E-state index contributed by atoms with van der Waals surface area (Å²) < 4.78 is 32.8. The summed E-state index contributed by atoms with van der Waals surface area (Å²) in [5.41, 5.74) is 0.784. The zero-order valence-corrected chi connectivity index (χ0v) is 16.4. The van der Waals surface area contributed by atoms with Gasteiger partial charge in [-0.2, -0.15) is 4.72 Å². The van der Waals surface area contributed by atoms with E-state index >= 15 is 0 Å². The molecule has 25 heavy (non-hydrogen) atoms. The minimum absolute atomic E-state index is 0.00512. The average molecular weight is 469 g/mol. The van der Waals surface area contributed by atoms with E-state index in [2.05, 4.69) is 43.9 Å². The Hall–Kier alpha value is -1.89. The second kappa shape index (κ2) is 8.99. The van der Waals surface area contributed by atoms with Gasteiger partial charge in [0.05, 0.1) is 12.0 Å². The molecule has 0 aliphatic carbocycles. The maximum atomic E-state index is 12.4. The standard InChI is InChI=1S/C18H16INO4S/c1-24-18(21)17(9-5-8-14-6-3-2-4-7-14)20-25(22,23)16-12-10-15(19)11-13-16/h2-4,6-7,10-13,17,20H,9H2,1H3. The van der Waals surface area contributed by atoms with Crippen LogP contribution in [0.15, 0.2) is 59.5 Å². The molecular formula is C18H16INO4S. The fraction of sp³-hybridized carbons (Fsp3) is 0.167. The van der Waals surface area contributed by atoms with Crippen molar-refractivity contribution in [2.75, 3.05) is 7.11 Å². The van der Waals surface area contributed by atoms with E-state index in [0.29, 0.717) is 0 Å². The van der Waals surface area contributed by atoms with Crippen molar-refractivity contribution in [3.8, 4) is 11.8 Å². The molecule has 0 aliphatic rings. The molecule has 0 radical (unpaired) electrons. The lowest BCUT2D eigenvalue weighted by Crippen LogP contribution is -2.41. The molecule has 2 aromatic carbocycles. The Labute approximate surface area is 161 Å². The minimum Gasteiger partial charge on any atom is -0.468 e. The minimum atomic E-state index is -3.85. The van der Waals surface area contributed by atoms with Crippen LogP contribution in [0.3, 0.4) is 0 Å². The fourth-order valence-electron chi connectivity index (χ4n) is 1.96. The van der Waals surface area contributed by atoms with E-state index in [9.17, 15) is 13.2 Å². The number of sulfonamides is 1. The molecule has 5 nitrogen and oxygen atoms in total. The Kier molecular flexibility index (Phi) is 6.99. The number of carbonyl (C=O) groups is 1. The highest BCUT2D eigenvalue weighted by molar-refractivity contribution is 14.1. The Morgan fingerprint density at radius 1 is 1.16 bits per heavy atom. The third-order valence-electron chi connectivity index (χ3n) is 3.22. The zero-order valence-electron chi connectivity index (χ0n) is 13.4. The maximum Gasteiger partial charge on any atom is 0.324 e. The number of benzene rings is 2. The fourth-order valence-corrected chi connectivity index (χ4v) is 3.51. The van der Waals surface area contributed by atoms with E-state index in [4.69, 9.17) is 0 Å². The lowest BCUT2D eigenvalue weighted by molar-refractivity contribution is -0.142. The molecule has 130 valence electrons. The van der Waals surface area contributed by atoms with Crippen LogP contribution in [-0.2, 0) is 19.6 Å². The van der Waals surface area contributed by atoms with Gasteiger partial charge in [-0.3, -0.25) is 4.79 Å². The zero-order chi connectivity index (χ0) is 18.3. The molecule has 7 heteroatoms. The second-order valence-corrected chi connectivity index (χ2v) is 7.98. The largest absolute Gasteiger partial charge is 0.468 e. The third-order valence-corrected chi connectivity index (χ3v) is 5.43. The molecule has 0 spiro atoms. The molecule has 2 rings (SSSR count). The predicted octanol–water partition coefficient (Wildman–Crippen LogP) is 2.55. The van der Waals surface area contributed by atoms with Crippen molar-refractivity contribution in [3.05, 3.63) is 63.7 Å². The van der Waals surface area contributed by atoms with E-state index in [1.807, 2.05) is 30.3 Å². The molecule has 0 amide bonds. The molecule has 0 bridgehead atoms. The number of ether oxygens (including phenoxy) is 1. The van der Waals surface area contributed by atoms with Crippen molar-refractivity contribution < 1.29 is 17.9 Å². The number of rotatable bonds is 5. The van der Waals surface area contributed by atoms with Crippen molar-refractivity contribution in [2.24, 2.45) is 0 Å². The molecule has 0 fully saturated rings. The SMILES string of the molecule is COC(=O)C(CC#Cc1ccccc1)NS(=O)(=O)c1ccc(I)cc1. The molecule has 2 aromatic rings. The summed E-state index contributed by atoms with van der Waals surface area (Å²) in [5.74, 6) is 5.03. The maximum absolute atomic E-state index is 12.4. The predicted molar refractivity (Wildman–Crippen MR) is 103 cm³/mol. The number of hydrogen-bond acceptors (Lipinski definition) is 4. The molecule has 0 heterocycles. The van der Waals surface area contributed by atoms with E-state index < -0.39 is 22.0 Å². The van der Waals surface area contributed by atoms with Gasteiger partial charge in [0.15, 0.2) is 0 Å². The van der Waals surface area contributed by atoms with Crippen LogP contribution in [0.2, 0.25) is 0 Å². The van der Waals surface area contributed by atoms with Crippen molar-refractivity contribution in [1.82, 2.24) is 4.72 Å². The number of halogens is 1. The first-order valence-electron chi connectivity index (χ1n) is 7.32.